The summed E-state index contributed by atoms with van der Waals surface area (Å²) < 4.78 is 11.0. The minimum absolute atomic E-state index is 0.0293. The molecule has 3 heterocycles. The van der Waals surface area contributed by atoms with Gasteiger partial charge >= 0.3 is 0 Å². The number of amides is 1. The summed E-state index contributed by atoms with van der Waals surface area (Å²) in [5.41, 5.74) is 3.71. The third-order valence-corrected chi connectivity index (χ3v) is 5.60. The standard InChI is InChI=1S/C24H21N3O3/c28-24(17-7-5-16(6-8-17)23-12-25-15-30-23)27-22-14-29-13-19(22)11-18-9-10-26-21-4-2-1-3-20(18)21/h1-10,12,15,19,22H,11,13-14H2,(H,27,28)/t19-,22+/m1/s1. The van der Waals surface area contributed by atoms with Gasteiger partial charge in [-0.2, -0.15) is 0 Å². The van der Waals surface area contributed by atoms with Crippen molar-refractivity contribution in [3.8, 4) is 11.3 Å². The molecule has 30 heavy (non-hydrogen) atoms. The predicted molar refractivity (Wildman–Crippen MR) is 113 cm³/mol. The van der Waals surface area contributed by atoms with Gasteiger partial charge in [0.2, 0.25) is 0 Å². The normalized spacial score (nSPS) is 18.5. The molecular formula is C24H21N3O3. The van der Waals surface area contributed by atoms with Gasteiger partial charge in [0.1, 0.15) is 0 Å². The van der Waals surface area contributed by atoms with E-state index in [2.05, 4.69) is 27.4 Å². The molecule has 2 atom stereocenters. The number of oxazole rings is 1. The van der Waals surface area contributed by atoms with Gasteiger partial charge in [0.05, 0.1) is 31.0 Å². The zero-order chi connectivity index (χ0) is 20.3. The number of hydrogen-bond acceptors (Lipinski definition) is 5. The van der Waals surface area contributed by atoms with E-state index in [4.69, 9.17) is 9.15 Å². The molecule has 0 saturated carbocycles. The number of nitrogens with one attached hydrogen (secondary N) is 1. The molecule has 6 nitrogen and oxygen atoms in total. The summed E-state index contributed by atoms with van der Waals surface area (Å²) in [5, 5.41) is 4.31. The number of pyridine rings is 1. The van der Waals surface area contributed by atoms with E-state index in [9.17, 15) is 4.79 Å². The van der Waals surface area contributed by atoms with Crippen LogP contribution in [0.4, 0.5) is 0 Å². The molecule has 1 saturated heterocycles. The van der Waals surface area contributed by atoms with E-state index < -0.39 is 0 Å². The van der Waals surface area contributed by atoms with E-state index >= 15 is 0 Å². The first-order chi connectivity index (χ1) is 14.8. The van der Waals surface area contributed by atoms with E-state index in [1.807, 2.05) is 36.5 Å². The fourth-order valence-corrected chi connectivity index (χ4v) is 3.97. The summed E-state index contributed by atoms with van der Waals surface area (Å²) in [5.74, 6) is 0.795. The van der Waals surface area contributed by atoms with Crippen LogP contribution < -0.4 is 5.32 Å². The van der Waals surface area contributed by atoms with Crippen molar-refractivity contribution >= 4 is 16.8 Å². The van der Waals surface area contributed by atoms with Gasteiger partial charge < -0.3 is 14.5 Å². The minimum Gasteiger partial charge on any atom is -0.444 e. The van der Waals surface area contributed by atoms with Gasteiger partial charge in [-0.1, -0.05) is 30.3 Å². The van der Waals surface area contributed by atoms with Gasteiger partial charge in [0.25, 0.3) is 5.91 Å². The van der Waals surface area contributed by atoms with E-state index in [1.54, 1.807) is 18.3 Å². The van der Waals surface area contributed by atoms with Gasteiger partial charge in [-0.05, 0) is 36.2 Å². The van der Waals surface area contributed by atoms with Gasteiger partial charge in [0.15, 0.2) is 12.2 Å². The van der Waals surface area contributed by atoms with E-state index in [0.29, 0.717) is 24.5 Å². The number of aromatic nitrogens is 2. The number of benzene rings is 2. The summed E-state index contributed by atoms with van der Waals surface area (Å²) >= 11 is 0. The van der Waals surface area contributed by atoms with Crippen LogP contribution in [0.1, 0.15) is 15.9 Å². The monoisotopic (exact) mass is 399 g/mol. The smallest absolute Gasteiger partial charge is 0.251 e. The first kappa shape index (κ1) is 18.5. The average molecular weight is 399 g/mol. The van der Waals surface area contributed by atoms with Crippen molar-refractivity contribution < 1.29 is 13.9 Å². The lowest BCUT2D eigenvalue weighted by Crippen LogP contribution is -2.40. The average Bonchev–Trinajstić information content (AvgIpc) is 3.47. The maximum absolute atomic E-state index is 12.8. The molecule has 150 valence electrons. The van der Waals surface area contributed by atoms with Crippen molar-refractivity contribution in [1.82, 2.24) is 15.3 Å². The molecule has 5 rings (SSSR count). The number of rotatable bonds is 5. The Morgan fingerprint density at radius 1 is 1.07 bits per heavy atom. The van der Waals surface area contributed by atoms with Crippen LogP contribution in [0.3, 0.4) is 0 Å². The second-order valence-electron chi connectivity index (χ2n) is 7.51. The minimum atomic E-state index is -0.0980. The van der Waals surface area contributed by atoms with Crippen LogP contribution in [0.2, 0.25) is 0 Å². The lowest BCUT2D eigenvalue weighted by molar-refractivity contribution is 0.0925. The second-order valence-corrected chi connectivity index (χ2v) is 7.51. The Hall–Kier alpha value is -3.51. The number of para-hydroxylation sites is 1. The highest BCUT2D eigenvalue weighted by atomic mass is 16.5. The number of carbonyl (C=O) groups excluding carboxylic acids is 1. The van der Waals surface area contributed by atoms with Gasteiger partial charge in [-0.15, -0.1) is 0 Å². The third kappa shape index (κ3) is 3.69. The molecule has 6 heteroatoms. The molecule has 1 N–H and O–H groups in total. The Balaban J connectivity index is 1.29. The Labute approximate surface area is 173 Å². The van der Waals surface area contributed by atoms with Crippen molar-refractivity contribution in [2.75, 3.05) is 13.2 Å². The second kappa shape index (κ2) is 8.08. The van der Waals surface area contributed by atoms with Crippen molar-refractivity contribution in [1.29, 1.82) is 0 Å². The number of hydrogen-bond donors (Lipinski definition) is 1. The van der Waals surface area contributed by atoms with Crippen LogP contribution >= 0.6 is 0 Å². The highest BCUT2D eigenvalue weighted by Crippen LogP contribution is 2.25. The largest absolute Gasteiger partial charge is 0.444 e. The predicted octanol–water partition coefficient (Wildman–Crippen LogP) is 3.88. The quantitative estimate of drug-likeness (QED) is 0.551. The summed E-state index contributed by atoms with van der Waals surface area (Å²) in [6.07, 6.45) is 5.72. The molecule has 1 fully saturated rings. The maximum Gasteiger partial charge on any atom is 0.251 e. The number of nitrogens with zero attached hydrogens (tertiary/aromatic N) is 2. The van der Waals surface area contributed by atoms with Crippen molar-refractivity contribution in [2.45, 2.75) is 12.5 Å². The molecule has 2 aromatic carbocycles. The Morgan fingerprint density at radius 3 is 2.77 bits per heavy atom. The highest BCUT2D eigenvalue weighted by molar-refractivity contribution is 5.94. The molecule has 0 aliphatic carbocycles. The maximum atomic E-state index is 12.8. The summed E-state index contributed by atoms with van der Waals surface area (Å²) in [7, 11) is 0. The number of ether oxygens (including phenoxy) is 1. The molecule has 4 aromatic rings. The Bertz CT molecular complexity index is 1150. The summed E-state index contributed by atoms with van der Waals surface area (Å²) in [6.45, 7) is 1.15. The van der Waals surface area contributed by atoms with Crippen LogP contribution in [0, 0.1) is 5.92 Å². The highest BCUT2D eigenvalue weighted by Gasteiger charge is 2.30. The lowest BCUT2D eigenvalue weighted by atomic mass is 9.93. The topological polar surface area (TPSA) is 77.2 Å². The van der Waals surface area contributed by atoms with Crippen LogP contribution in [-0.4, -0.2) is 35.1 Å². The Morgan fingerprint density at radius 2 is 1.93 bits per heavy atom. The number of fused-ring (bicyclic) bond motifs is 1. The molecule has 1 amide bonds. The van der Waals surface area contributed by atoms with Gasteiger partial charge in [-0.3, -0.25) is 9.78 Å². The molecule has 1 aliphatic heterocycles. The molecule has 0 spiro atoms. The first-order valence-corrected chi connectivity index (χ1v) is 9.98. The first-order valence-electron chi connectivity index (χ1n) is 9.98. The fraction of sp³-hybridized carbons (Fsp3) is 0.208. The fourth-order valence-electron chi connectivity index (χ4n) is 3.97. The van der Waals surface area contributed by atoms with Crippen molar-refractivity contribution in [3.05, 3.63) is 84.5 Å². The summed E-state index contributed by atoms with van der Waals surface area (Å²) in [6, 6.07) is 17.5. The van der Waals surface area contributed by atoms with Crippen molar-refractivity contribution in [3.63, 3.8) is 0 Å². The van der Waals surface area contributed by atoms with Crippen LogP contribution in [0.25, 0.3) is 22.2 Å². The molecule has 0 bridgehead atoms. The van der Waals surface area contributed by atoms with E-state index in [0.717, 1.165) is 22.9 Å². The lowest BCUT2D eigenvalue weighted by Gasteiger charge is -2.20. The molecule has 0 radical (unpaired) electrons. The molecular weight excluding hydrogens is 378 g/mol. The molecule has 2 aromatic heterocycles. The third-order valence-electron chi connectivity index (χ3n) is 5.60. The van der Waals surface area contributed by atoms with Crippen LogP contribution in [0.15, 0.2) is 77.8 Å². The Kier molecular flexibility index (Phi) is 4.99. The molecule has 0 unspecified atom stereocenters. The van der Waals surface area contributed by atoms with Gasteiger partial charge in [-0.25, -0.2) is 4.98 Å². The zero-order valence-corrected chi connectivity index (χ0v) is 16.3. The SMILES string of the molecule is O=C(N[C@H]1COC[C@H]1Cc1ccnc2ccccc12)c1ccc(-c2cnco2)cc1. The van der Waals surface area contributed by atoms with E-state index in [-0.39, 0.29) is 17.9 Å². The van der Waals surface area contributed by atoms with Crippen LogP contribution in [0.5, 0.6) is 0 Å². The summed E-state index contributed by atoms with van der Waals surface area (Å²) in [4.78, 5) is 21.2. The number of carbonyl (C=O) groups is 1. The van der Waals surface area contributed by atoms with Crippen LogP contribution in [-0.2, 0) is 11.2 Å². The van der Waals surface area contributed by atoms with E-state index in [1.165, 1.54) is 12.0 Å². The van der Waals surface area contributed by atoms with Gasteiger partial charge in [0, 0.05) is 28.6 Å². The van der Waals surface area contributed by atoms with Crippen molar-refractivity contribution in [2.24, 2.45) is 5.92 Å². The molecule has 1 aliphatic rings. The zero-order valence-electron chi connectivity index (χ0n) is 16.3.